The van der Waals surface area contributed by atoms with Crippen molar-refractivity contribution < 1.29 is 37.3 Å². The van der Waals surface area contributed by atoms with Crippen LogP contribution in [0.4, 0.5) is 23.8 Å². The van der Waals surface area contributed by atoms with Gasteiger partial charge in [0, 0.05) is 36.3 Å². The summed E-state index contributed by atoms with van der Waals surface area (Å²) in [5.74, 6) is 0.333. The van der Waals surface area contributed by atoms with Crippen LogP contribution in [0.2, 0.25) is 0 Å². The first-order valence-corrected chi connectivity index (χ1v) is 12.8. The van der Waals surface area contributed by atoms with Crippen LogP contribution in [0.3, 0.4) is 0 Å². The first-order valence-electron chi connectivity index (χ1n) is 12.8. The number of nitrogens with zero attached hydrogens (tertiary/aromatic N) is 3. The summed E-state index contributed by atoms with van der Waals surface area (Å²) in [6, 6.07) is 15.6. The fourth-order valence-corrected chi connectivity index (χ4v) is 4.82. The summed E-state index contributed by atoms with van der Waals surface area (Å²) in [6.45, 7) is 0.710. The van der Waals surface area contributed by atoms with Crippen LogP contribution < -0.4 is 9.64 Å². The molecular formula is C30H26F3N3O5. The van der Waals surface area contributed by atoms with Crippen LogP contribution >= 0.6 is 0 Å². The third kappa shape index (κ3) is 6.03. The highest BCUT2D eigenvalue weighted by atomic mass is 19.4. The van der Waals surface area contributed by atoms with Gasteiger partial charge in [0.2, 0.25) is 0 Å². The predicted molar refractivity (Wildman–Crippen MR) is 146 cm³/mol. The van der Waals surface area contributed by atoms with Gasteiger partial charge in [0.25, 0.3) is 0 Å². The van der Waals surface area contributed by atoms with Crippen LogP contribution in [0.5, 0.6) is 5.75 Å². The molecule has 1 N–H and O–H groups in total. The minimum absolute atomic E-state index is 0.196. The molecule has 0 fully saturated rings. The van der Waals surface area contributed by atoms with Crippen molar-refractivity contribution in [1.29, 1.82) is 0 Å². The smallest absolute Gasteiger partial charge is 0.416 e. The minimum atomic E-state index is -4.54. The lowest BCUT2D eigenvalue weighted by atomic mass is 10.1. The molecule has 1 aliphatic heterocycles. The third-order valence-electron chi connectivity index (χ3n) is 6.82. The molecule has 0 aliphatic carbocycles. The molecular weight excluding hydrogens is 539 g/mol. The predicted octanol–water partition coefficient (Wildman–Crippen LogP) is 6.17. The number of fused-ring (bicyclic) bond motifs is 2. The number of rotatable bonds is 7. The molecule has 5 rings (SSSR count). The van der Waals surface area contributed by atoms with E-state index in [0.717, 1.165) is 42.0 Å². The largest absolute Gasteiger partial charge is 0.493 e. The standard InChI is InChI=1S/C30H26F3N3O5/c1-40-27(37)18-26(20-4-2-6-22(16-20)30(31,32)33)35-14-11-21-17-24(9-10-25(21)35)41-15-12-23-8-7-19-5-3-13-36(29(38)39)28(19)34-23/h2,4,6-11,14,16-18H,3,5,12-13,15H2,1H3,(H,38,39)/b26-18+. The topological polar surface area (TPSA) is 93.9 Å². The molecule has 0 saturated heterocycles. The number of pyridine rings is 1. The summed E-state index contributed by atoms with van der Waals surface area (Å²) in [7, 11) is 1.20. The second kappa shape index (κ2) is 11.4. The molecule has 0 atom stereocenters. The summed E-state index contributed by atoms with van der Waals surface area (Å²) in [5, 5.41) is 10.2. The number of carbonyl (C=O) groups is 2. The number of halogens is 3. The molecule has 11 heteroatoms. The lowest BCUT2D eigenvalue weighted by molar-refractivity contribution is -0.137. The van der Waals surface area contributed by atoms with Crippen LogP contribution in [0, 0.1) is 0 Å². The van der Waals surface area contributed by atoms with Gasteiger partial charge >= 0.3 is 18.2 Å². The quantitative estimate of drug-likeness (QED) is 0.213. The van der Waals surface area contributed by atoms with Gasteiger partial charge in [-0.3, -0.25) is 4.90 Å². The van der Waals surface area contributed by atoms with Crippen LogP contribution in [0.15, 0.2) is 72.9 Å². The van der Waals surface area contributed by atoms with Gasteiger partial charge in [-0.25, -0.2) is 14.6 Å². The highest BCUT2D eigenvalue weighted by molar-refractivity contribution is 5.95. The molecule has 41 heavy (non-hydrogen) atoms. The van der Waals surface area contributed by atoms with E-state index in [4.69, 9.17) is 9.47 Å². The Kier molecular flexibility index (Phi) is 7.69. The Labute approximate surface area is 233 Å². The number of alkyl halides is 3. The van der Waals surface area contributed by atoms with Gasteiger partial charge in [-0.2, -0.15) is 13.2 Å². The maximum Gasteiger partial charge on any atom is 0.416 e. The first-order chi connectivity index (χ1) is 19.6. The number of carboxylic acid groups (broad SMARTS) is 1. The zero-order valence-corrected chi connectivity index (χ0v) is 22.0. The second-order valence-electron chi connectivity index (χ2n) is 9.46. The maximum absolute atomic E-state index is 13.4. The first kappa shape index (κ1) is 27.8. The third-order valence-corrected chi connectivity index (χ3v) is 6.82. The van der Waals surface area contributed by atoms with E-state index in [1.54, 1.807) is 35.0 Å². The monoisotopic (exact) mass is 565 g/mol. The molecule has 0 unspecified atom stereocenters. The zero-order chi connectivity index (χ0) is 29.1. The molecule has 0 bridgehead atoms. The van der Waals surface area contributed by atoms with E-state index in [2.05, 4.69) is 4.98 Å². The number of hydrogen-bond acceptors (Lipinski definition) is 5. The molecule has 1 aliphatic rings. The average molecular weight is 566 g/mol. The van der Waals surface area contributed by atoms with Crippen molar-refractivity contribution >= 4 is 34.5 Å². The number of ether oxygens (including phenoxy) is 2. The Hall–Kier alpha value is -4.80. The van der Waals surface area contributed by atoms with Crippen molar-refractivity contribution in [2.24, 2.45) is 0 Å². The van der Waals surface area contributed by atoms with E-state index in [0.29, 0.717) is 42.4 Å². The van der Waals surface area contributed by atoms with Crippen molar-refractivity contribution in [2.75, 3.05) is 25.2 Å². The second-order valence-corrected chi connectivity index (χ2v) is 9.46. The lowest BCUT2D eigenvalue weighted by Gasteiger charge is -2.26. The lowest BCUT2D eigenvalue weighted by Crippen LogP contribution is -2.35. The normalized spacial score (nSPS) is 13.7. The molecule has 3 heterocycles. The van der Waals surface area contributed by atoms with E-state index < -0.39 is 23.8 Å². The number of aryl methyl sites for hydroxylation is 1. The summed E-state index contributed by atoms with van der Waals surface area (Å²) in [5.41, 5.74) is 1.85. The average Bonchev–Trinajstić information content (AvgIpc) is 3.38. The number of anilines is 1. The molecule has 1 amide bonds. The number of methoxy groups -OCH3 is 1. The summed E-state index contributed by atoms with van der Waals surface area (Å²) in [6.07, 6.45) is -0.751. The molecule has 212 valence electrons. The Morgan fingerprint density at radius 2 is 1.93 bits per heavy atom. The van der Waals surface area contributed by atoms with E-state index in [-0.39, 0.29) is 11.3 Å². The molecule has 2 aromatic heterocycles. The fraction of sp³-hybridized carbons (Fsp3) is 0.233. The summed E-state index contributed by atoms with van der Waals surface area (Å²) >= 11 is 0. The summed E-state index contributed by atoms with van der Waals surface area (Å²) in [4.78, 5) is 29.5. The van der Waals surface area contributed by atoms with Gasteiger partial charge in [-0.1, -0.05) is 18.2 Å². The van der Waals surface area contributed by atoms with E-state index in [9.17, 15) is 27.9 Å². The summed E-state index contributed by atoms with van der Waals surface area (Å²) < 4.78 is 52.4. The molecule has 8 nitrogen and oxygen atoms in total. The molecule has 0 saturated carbocycles. The number of amides is 1. The van der Waals surface area contributed by atoms with Gasteiger partial charge in [-0.15, -0.1) is 0 Å². The van der Waals surface area contributed by atoms with Crippen molar-refractivity contribution in [3.8, 4) is 5.75 Å². The molecule has 0 spiro atoms. The fourth-order valence-electron chi connectivity index (χ4n) is 4.82. The van der Waals surface area contributed by atoms with Gasteiger partial charge in [0.1, 0.15) is 11.6 Å². The SMILES string of the molecule is COC(=O)/C=C(\c1cccc(C(F)(F)F)c1)n1ccc2cc(OCCc3ccc4c(n3)N(C(=O)O)CCC4)ccc21. The highest BCUT2D eigenvalue weighted by Crippen LogP contribution is 2.33. The van der Waals surface area contributed by atoms with Crippen LogP contribution in [0.1, 0.15) is 28.8 Å². The molecule has 0 radical (unpaired) electrons. The van der Waals surface area contributed by atoms with Crippen molar-refractivity contribution in [2.45, 2.75) is 25.4 Å². The van der Waals surface area contributed by atoms with E-state index in [1.807, 2.05) is 12.1 Å². The van der Waals surface area contributed by atoms with E-state index >= 15 is 0 Å². The number of esters is 1. The van der Waals surface area contributed by atoms with Gasteiger partial charge in [0.05, 0.1) is 30.5 Å². The van der Waals surface area contributed by atoms with Gasteiger partial charge < -0.3 is 19.1 Å². The Morgan fingerprint density at radius 1 is 1.10 bits per heavy atom. The van der Waals surface area contributed by atoms with Gasteiger partial charge in [0.15, 0.2) is 0 Å². The van der Waals surface area contributed by atoms with Crippen LogP contribution in [-0.2, 0) is 28.5 Å². The number of aromatic nitrogens is 2. The molecule has 2 aromatic carbocycles. The van der Waals surface area contributed by atoms with Crippen LogP contribution in [0.25, 0.3) is 16.6 Å². The van der Waals surface area contributed by atoms with E-state index in [1.165, 1.54) is 24.1 Å². The van der Waals surface area contributed by atoms with Gasteiger partial charge in [-0.05, 0) is 66.4 Å². The Balaban J connectivity index is 1.36. The highest BCUT2D eigenvalue weighted by Gasteiger charge is 2.31. The minimum Gasteiger partial charge on any atom is -0.493 e. The number of carbonyl (C=O) groups excluding carboxylic acids is 1. The Morgan fingerprint density at radius 3 is 2.68 bits per heavy atom. The van der Waals surface area contributed by atoms with Crippen molar-refractivity contribution in [3.05, 3.63) is 95.3 Å². The number of hydrogen-bond donors (Lipinski definition) is 1. The Bertz CT molecular complexity index is 1640. The maximum atomic E-state index is 13.4. The zero-order valence-electron chi connectivity index (χ0n) is 22.0. The van der Waals surface area contributed by atoms with Crippen molar-refractivity contribution in [3.63, 3.8) is 0 Å². The van der Waals surface area contributed by atoms with Crippen molar-refractivity contribution in [1.82, 2.24) is 9.55 Å². The van der Waals surface area contributed by atoms with Crippen LogP contribution in [-0.4, -0.2) is 47.0 Å². The molecule has 4 aromatic rings. The number of benzene rings is 2.